The van der Waals surface area contributed by atoms with E-state index in [2.05, 4.69) is 31.9 Å². The van der Waals surface area contributed by atoms with E-state index in [0.29, 0.717) is 23.7 Å². The van der Waals surface area contributed by atoms with Crippen LogP contribution in [0.5, 0.6) is 0 Å². The maximum Gasteiger partial charge on any atom is 0.226 e. The van der Waals surface area contributed by atoms with Gasteiger partial charge in [0.2, 0.25) is 5.91 Å². The molecule has 1 amide bonds. The first kappa shape index (κ1) is 11.3. The lowest BCUT2D eigenvalue weighted by atomic mass is 9.88. The van der Waals surface area contributed by atoms with E-state index in [1.54, 1.807) is 0 Å². The van der Waals surface area contributed by atoms with Crippen molar-refractivity contribution in [3.63, 3.8) is 0 Å². The van der Waals surface area contributed by atoms with Crippen LogP contribution in [0.15, 0.2) is 0 Å². The summed E-state index contributed by atoms with van der Waals surface area (Å²) in [5, 5.41) is 0. The van der Waals surface area contributed by atoms with Gasteiger partial charge in [0.1, 0.15) is 0 Å². The van der Waals surface area contributed by atoms with E-state index in [1.165, 1.54) is 0 Å². The minimum absolute atomic E-state index is 0.128. The van der Waals surface area contributed by atoms with Gasteiger partial charge in [0.05, 0.1) is 0 Å². The molecule has 1 aliphatic heterocycles. The summed E-state index contributed by atoms with van der Waals surface area (Å²) in [6.07, 6.45) is 3.28. The van der Waals surface area contributed by atoms with Crippen molar-refractivity contribution in [1.82, 2.24) is 4.90 Å². The minimum atomic E-state index is 0.128. The zero-order valence-corrected chi connectivity index (χ0v) is 10.9. The summed E-state index contributed by atoms with van der Waals surface area (Å²) in [6.45, 7) is 7.54. The van der Waals surface area contributed by atoms with Gasteiger partial charge < -0.3 is 4.90 Å². The van der Waals surface area contributed by atoms with Gasteiger partial charge in [-0.1, -0.05) is 6.92 Å². The average Bonchev–Trinajstić information content (AvgIpc) is 2.76. The van der Waals surface area contributed by atoms with Crippen molar-refractivity contribution < 1.29 is 4.79 Å². The molecule has 2 rings (SSSR count). The molecule has 0 radical (unpaired) electrons. The molecule has 3 heteroatoms. The largest absolute Gasteiger partial charge is 0.337 e. The Hall–Kier alpha value is -0.180. The Balaban J connectivity index is 1.93. The van der Waals surface area contributed by atoms with E-state index < -0.39 is 0 Å². The fourth-order valence-corrected chi connectivity index (χ4v) is 3.56. The highest BCUT2D eigenvalue weighted by Gasteiger charge is 2.55. The van der Waals surface area contributed by atoms with E-state index in [1.807, 2.05) is 11.8 Å². The van der Waals surface area contributed by atoms with Crippen molar-refractivity contribution >= 4 is 17.7 Å². The zero-order valence-electron chi connectivity index (χ0n) is 10.1. The molecule has 1 heterocycles. The summed E-state index contributed by atoms with van der Waals surface area (Å²) >= 11 is 1.86. The molecule has 0 N–H and O–H groups in total. The number of carbonyl (C=O) groups excluding carboxylic acids is 1. The van der Waals surface area contributed by atoms with Crippen LogP contribution in [0.3, 0.4) is 0 Å². The van der Waals surface area contributed by atoms with E-state index in [0.717, 1.165) is 18.7 Å². The lowest BCUT2D eigenvalue weighted by Crippen LogP contribution is -2.59. The molecule has 2 aliphatic rings. The van der Waals surface area contributed by atoms with Gasteiger partial charge in [-0.3, -0.25) is 4.79 Å². The second kappa shape index (κ2) is 3.69. The second-order valence-electron chi connectivity index (χ2n) is 5.56. The summed E-state index contributed by atoms with van der Waals surface area (Å²) in [4.78, 5) is 14.3. The summed E-state index contributed by atoms with van der Waals surface area (Å²) in [5.74, 6) is 3.14. The Morgan fingerprint density at radius 2 is 2.20 bits per heavy atom. The van der Waals surface area contributed by atoms with Crippen molar-refractivity contribution in [3.8, 4) is 0 Å². The summed E-state index contributed by atoms with van der Waals surface area (Å²) in [5.41, 5.74) is 0.128. The van der Waals surface area contributed by atoms with E-state index in [4.69, 9.17) is 0 Å². The van der Waals surface area contributed by atoms with E-state index in [9.17, 15) is 4.79 Å². The Bertz CT molecular complexity index is 277. The van der Waals surface area contributed by atoms with Crippen LogP contribution in [0.1, 0.15) is 27.2 Å². The first-order valence-corrected chi connectivity index (χ1v) is 7.19. The van der Waals surface area contributed by atoms with Gasteiger partial charge in [-0.2, -0.15) is 11.8 Å². The number of hydrogen-bond acceptors (Lipinski definition) is 2. The summed E-state index contributed by atoms with van der Waals surface area (Å²) < 4.78 is 0. The predicted molar refractivity (Wildman–Crippen MR) is 64.9 cm³/mol. The molecule has 0 aromatic carbocycles. The van der Waals surface area contributed by atoms with Crippen molar-refractivity contribution in [3.05, 3.63) is 0 Å². The highest BCUT2D eigenvalue weighted by molar-refractivity contribution is 7.98. The van der Waals surface area contributed by atoms with E-state index in [-0.39, 0.29) is 5.54 Å². The lowest BCUT2D eigenvalue weighted by Gasteiger charge is -2.48. The molecule has 2 nitrogen and oxygen atoms in total. The van der Waals surface area contributed by atoms with Gasteiger partial charge in [0.15, 0.2) is 0 Å². The Morgan fingerprint density at radius 1 is 1.53 bits per heavy atom. The molecule has 1 saturated heterocycles. The van der Waals surface area contributed by atoms with Crippen LogP contribution in [0.4, 0.5) is 0 Å². The Labute approximate surface area is 96.8 Å². The van der Waals surface area contributed by atoms with Crippen LogP contribution in [0.2, 0.25) is 0 Å². The summed E-state index contributed by atoms with van der Waals surface area (Å²) in [6, 6.07) is 0. The van der Waals surface area contributed by atoms with E-state index >= 15 is 0 Å². The molecule has 2 fully saturated rings. The van der Waals surface area contributed by atoms with Crippen molar-refractivity contribution in [2.45, 2.75) is 32.7 Å². The van der Waals surface area contributed by atoms with Gasteiger partial charge in [-0.05, 0) is 44.1 Å². The molecule has 3 atom stereocenters. The Kier molecular flexibility index (Phi) is 2.78. The van der Waals surface area contributed by atoms with Crippen LogP contribution < -0.4 is 0 Å². The number of likely N-dealkylation sites (tertiary alicyclic amines) is 1. The first-order valence-electron chi connectivity index (χ1n) is 5.79. The third kappa shape index (κ3) is 1.79. The van der Waals surface area contributed by atoms with Crippen LogP contribution in [0, 0.1) is 17.8 Å². The molecule has 0 aromatic heterocycles. The average molecular weight is 227 g/mol. The number of thioether (sulfide) groups is 1. The molecule has 0 spiro atoms. The second-order valence-corrected chi connectivity index (χ2v) is 6.47. The monoisotopic (exact) mass is 227 g/mol. The van der Waals surface area contributed by atoms with Crippen LogP contribution in [0.25, 0.3) is 0 Å². The maximum atomic E-state index is 12.2. The molecule has 86 valence electrons. The molecular weight excluding hydrogens is 206 g/mol. The third-order valence-electron chi connectivity index (χ3n) is 4.15. The third-order valence-corrected chi connectivity index (χ3v) is 4.87. The molecule has 1 aliphatic carbocycles. The highest BCUT2D eigenvalue weighted by Crippen LogP contribution is 2.50. The van der Waals surface area contributed by atoms with Gasteiger partial charge in [0.25, 0.3) is 0 Å². The normalized spacial score (nSPS) is 37.3. The van der Waals surface area contributed by atoms with Gasteiger partial charge in [0, 0.05) is 18.0 Å². The van der Waals surface area contributed by atoms with Crippen LogP contribution in [-0.2, 0) is 4.79 Å². The molecule has 0 bridgehead atoms. The standard InChI is InChI=1S/C12H21NOS/c1-8-9(7-15-4)10(8)11(14)13-6-5-12(13,2)3/h8-10H,5-7H2,1-4H3. The van der Waals surface area contributed by atoms with Crippen LogP contribution >= 0.6 is 11.8 Å². The zero-order chi connectivity index (χ0) is 11.2. The Morgan fingerprint density at radius 3 is 2.60 bits per heavy atom. The lowest BCUT2D eigenvalue weighted by molar-refractivity contribution is -0.146. The first-order chi connectivity index (χ1) is 6.99. The number of hydrogen-bond donors (Lipinski definition) is 0. The van der Waals surface area contributed by atoms with Crippen molar-refractivity contribution in [1.29, 1.82) is 0 Å². The highest BCUT2D eigenvalue weighted by atomic mass is 32.2. The van der Waals surface area contributed by atoms with Gasteiger partial charge in [-0.15, -0.1) is 0 Å². The number of carbonyl (C=O) groups is 1. The molecule has 1 saturated carbocycles. The SMILES string of the molecule is CSCC1C(C)C1C(=O)N1CCC1(C)C. The molecule has 0 aromatic rings. The topological polar surface area (TPSA) is 20.3 Å². The summed E-state index contributed by atoms with van der Waals surface area (Å²) in [7, 11) is 0. The quantitative estimate of drug-likeness (QED) is 0.737. The van der Waals surface area contributed by atoms with Crippen LogP contribution in [-0.4, -0.2) is 34.9 Å². The van der Waals surface area contributed by atoms with Crippen molar-refractivity contribution in [2.75, 3.05) is 18.6 Å². The fraction of sp³-hybridized carbons (Fsp3) is 0.917. The predicted octanol–water partition coefficient (Wildman–Crippen LogP) is 2.24. The number of nitrogens with zero attached hydrogens (tertiary/aromatic N) is 1. The smallest absolute Gasteiger partial charge is 0.226 e. The maximum absolute atomic E-state index is 12.2. The van der Waals surface area contributed by atoms with Crippen molar-refractivity contribution in [2.24, 2.45) is 17.8 Å². The number of rotatable bonds is 3. The number of amides is 1. The van der Waals surface area contributed by atoms with Gasteiger partial charge >= 0.3 is 0 Å². The molecular formula is C12H21NOS. The molecule has 3 unspecified atom stereocenters. The molecule has 15 heavy (non-hydrogen) atoms. The fourth-order valence-electron chi connectivity index (χ4n) is 2.66. The van der Waals surface area contributed by atoms with Gasteiger partial charge in [-0.25, -0.2) is 0 Å². The minimum Gasteiger partial charge on any atom is -0.337 e.